The fourth-order valence-electron chi connectivity index (χ4n) is 2.20. The molecule has 0 bridgehead atoms. The average Bonchev–Trinajstić information content (AvgIpc) is 2.60. The van der Waals surface area contributed by atoms with Gasteiger partial charge in [-0.2, -0.15) is 0 Å². The molecule has 18 heavy (non-hydrogen) atoms. The lowest BCUT2D eigenvalue weighted by molar-refractivity contribution is 0.187. The molecule has 0 aromatic heterocycles. The Morgan fingerprint density at radius 1 is 1.28 bits per heavy atom. The Hall–Kier alpha value is -1.65. The smallest absolute Gasteiger partial charge is 0.320 e. The topological polar surface area (TPSA) is 23.6 Å². The molecule has 0 radical (unpaired) electrons. The molecule has 1 aromatic carbocycles. The summed E-state index contributed by atoms with van der Waals surface area (Å²) in [5.74, 6) is -1.75. The molecule has 0 spiro atoms. The first-order valence-electron chi connectivity index (χ1n) is 5.90. The highest BCUT2D eigenvalue weighted by Gasteiger charge is 2.36. The van der Waals surface area contributed by atoms with Crippen LogP contribution in [0.25, 0.3) is 0 Å². The van der Waals surface area contributed by atoms with Crippen LogP contribution in [-0.2, 0) is 0 Å². The molecule has 1 saturated heterocycles. The van der Waals surface area contributed by atoms with Gasteiger partial charge in [-0.1, -0.05) is 6.07 Å². The molecule has 1 heterocycles. The summed E-state index contributed by atoms with van der Waals surface area (Å²) < 4.78 is 26.1. The Balaban J connectivity index is 2.29. The largest absolute Gasteiger partial charge is 0.320 e. The van der Waals surface area contributed by atoms with Gasteiger partial charge in [0.15, 0.2) is 11.6 Å². The van der Waals surface area contributed by atoms with Crippen LogP contribution in [0.3, 0.4) is 0 Å². The first-order valence-corrected chi connectivity index (χ1v) is 5.90. The zero-order valence-corrected chi connectivity index (χ0v) is 10.7. The molecule has 3 nitrogen and oxygen atoms in total. The Bertz CT molecular complexity index is 476. The molecular weight excluding hydrogens is 238 g/mol. The summed E-state index contributed by atoms with van der Waals surface area (Å²) in [5, 5.41) is 0. The van der Waals surface area contributed by atoms with Crippen LogP contribution in [0.2, 0.25) is 0 Å². The van der Waals surface area contributed by atoms with E-state index in [4.69, 9.17) is 0 Å². The Labute approximate surface area is 105 Å². The summed E-state index contributed by atoms with van der Waals surface area (Å²) in [6, 6.07) is 3.57. The highest BCUT2D eigenvalue weighted by atomic mass is 19.2. The van der Waals surface area contributed by atoms with E-state index in [1.807, 2.05) is 13.8 Å². The lowest BCUT2D eigenvalue weighted by Gasteiger charge is -2.19. The van der Waals surface area contributed by atoms with Crippen LogP contribution in [-0.4, -0.2) is 35.5 Å². The predicted octanol–water partition coefficient (Wildman–Crippen LogP) is 2.78. The van der Waals surface area contributed by atoms with Crippen LogP contribution in [0.4, 0.5) is 13.6 Å². The Morgan fingerprint density at radius 2 is 1.94 bits per heavy atom. The zero-order chi connectivity index (χ0) is 13.4. The van der Waals surface area contributed by atoms with Crippen LogP contribution >= 0.6 is 0 Å². The quantitative estimate of drug-likeness (QED) is 0.796. The van der Waals surface area contributed by atoms with E-state index in [1.54, 1.807) is 16.8 Å². The van der Waals surface area contributed by atoms with Gasteiger partial charge in [-0.3, -0.25) is 0 Å². The van der Waals surface area contributed by atoms with Crippen LogP contribution in [0.5, 0.6) is 0 Å². The van der Waals surface area contributed by atoms with Crippen LogP contribution in [0.15, 0.2) is 18.2 Å². The Kier molecular flexibility index (Phi) is 3.24. The van der Waals surface area contributed by atoms with Gasteiger partial charge in [-0.25, -0.2) is 13.6 Å². The first-order chi connectivity index (χ1) is 8.41. The molecule has 2 rings (SSSR count). The van der Waals surface area contributed by atoms with Gasteiger partial charge in [0, 0.05) is 19.6 Å². The summed E-state index contributed by atoms with van der Waals surface area (Å²) >= 11 is 0. The van der Waals surface area contributed by atoms with E-state index < -0.39 is 11.6 Å². The van der Waals surface area contributed by atoms with Gasteiger partial charge in [0.25, 0.3) is 0 Å². The van der Waals surface area contributed by atoms with Crippen LogP contribution < -0.4 is 0 Å². The number of benzene rings is 1. The minimum absolute atomic E-state index is 0.0836. The van der Waals surface area contributed by atoms with E-state index in [9.17, 15) is 13.6 Å². The van der Waals surface area contributed by atoms with E-state index in [0.29, 0.717) is 12.1 Å². The number of hydrogen-bond acceptors (Lipinski definition) is 1. The number of likely N-dealkylation sites (N-methyl/N-ethyl adjacent to an activating group) is 1. The van der Waals surface area contributed by atoms with Crippen molar-refractivity contribution in [2.45, 2.75) is 25.9 Å². The van der Waals surface area contributed by atoms with E-state index in [-0.39, 0.29) is 18.1 Å². The molecule has 1 aliphatic rings. The van der Waals surface area contributed by atoms with Crippen molar-refractivity contribution in [1.29, 1.82) is 0 Å². The van der Waals surface area contributed by atoms with E-state index in [1.165, 1.54) is 6.07 Å². The van der Waals surface area contributed by atoms with Crippen molar-refractivity contribution in [3.63, 3.8) is 0 Å². The molecule has 0 aliphatic carbocycles. The average molecular weight is 254 g/mol. The van der Waals surface area contributed by atoms with Gasteiger partial charge < -0.3 is 9.80 Å². The van der Waals surface area contributed by atoms with E-state index in [2.05, 4.69) is 0 Å². The fraction of sp³-hybridized carbons (Fsp3) is 0.462. The summed E-state index contributed by atoms with van der Waals surface area (Å²) in [6.07, 6.45) is 0. The monoisotopic (exact) mass is 254 g/mol. The molecule has 2 amide bonds. The summed E-state index contributed by atoms with van der Waals surface area (Å²) in [4.78, 5) is 15.2. The van der Waals surface area contributed by atoms with Gasteiger partial charge in [0.1, 0.15) is 0 Å². The summed E-state index contributed by atoms with van der Waals surface area (Å²) in [7, 11) is 1.68. The van der Waals surface area contributed by atoms with Gasteiger partial charge in [-0.15, -0.1) is 0 Å². The maximum Gasteiger partial charge on any atom is 0.320 e. The number of nitrogens with zero attached hydrogens (tertiary/aromatic N) is 2. The molecule has 5 heteroatoms. The van der Waals surface area contributed by atoms with E-state index in [0.717, 1.165) is 12.1 Å². The molecular formula is C13H16F2N2O. The molecule has 1 aromatic rings. The highest BCUT2D eigenvalue weighted by molar-refractivity contribution is 5.77. The maximum atomic E-state index is 13.2. The SMILES string of the molecule is CC(C)N1CC(c2ccc(F)c(F)c2)N(C)C1=O. The molecule has 1 fully saturated rings. The number of hydrogen-bond donors (Lipinski definition) is 0. The third-order valence-electron chi connectivity index (χ3n) is 3.34. The third kappa shape index (κ3) is 2.05. The molecule has 0 saturated carbocycles. The predicted molar refractivity (Wildman–Crippen MR) is 64.1 cm³/mol. The van der Waals surface area contributed by atoms with Crippen molar-refractivity contribution in [3.8, 4) is 0 Å². The minimum atomic E-state index is -0.878. The van der Waals surface area contributed by atoms with Crippen molar-refractivity contribution >= 4 is 6.03 Å². The molecule has 1 unspecified atom stereocenters. The van der Waals surface area contributed by atoms with Crippen molar-refractivity contribution in [2.24, 2.45) is 0 Å². The van der Waals surface area contributed by atoms with Crippen molar-refractivity contribution in [1.82, 2.24) is 9.80 Å². The highest BCUT2D eigenvalue weighted by Crippen LogP contribution is 2.29. The second-order valence-corrected chi connectivity index (χ2v) is 4.83. The molecule has 1 atom stereocenters. The number of rotatable bonds is 2. The van der Waals surface area contributed by atoms with Crippen molar-refractivity contribution in [3.05, 3.63) is 35.4 Å². The fourth-order valence-corrected chi connectivity index (χ4v) is 2.20. The number of urea groups is 1. The maximum absolute atomic E-state index is 13.2. The molecule has 0 N–H and O–H groups in total. The summed E-state index contributed by atoms with van der Waals surface area (Å²) in [5.41, 5.74) is 0.618. The third-order valence-corrected chi connectivity index (χ3v) is 3.34. The second-order valence-electron chi connectivity index (χ2n) is 4.83. The van der Waals surface area contributed by atoms with Gasteiger partial charge in [0.05, 0.1) is 6.04 Å². The molecule has 98 valence electrons. The minimum Gasteiger partial charge on any atom is -0.320 e. The number of halogens is 2. The van der Waals surface area contributed by atoms with Crippen LogP contribution in [0, 0.1) is 11.6 Å². The first kappa shape index (κ1) is 12.8. The number of carbonyl (C=O) groups is 1. The van der Waals surface area contributed by atoms with Gasteiger partial charge in [-0.05, 0) is 31.5 Å². The summed E-state index contributed by atoms with van der Waals surface area (Å²) in [6.45, 7) is 4.36. The van der Waals surface area contributed by atoms with Gasteiger partial charge in [0.2, 0.25) is 0 Å². The lowest BCUT2D eigenvalue weighted by atomic mass is 10.1. The van der Waals surface area contributed by atoms with Crippen molar-refractivity contribution < 1.29 is 13.6 Å². The van der Waals surface area contributed by atoms with Crippen LogP contribution in [0.1, 0.15) is 25.5 Å². The molecule has 1 aliphatic heterocycles. The van der Waals surface area contributed by atoms with Gasteiger partial charge >= 0.3 is 6.03 Å². The standard InChI is InChI=1S/C13H16F2N2O/c1-8(2)17-7-12(16(3)13(17)18)9-4-5-10(14)11(15)6-9/h4-6,8,12H,7H2,1-3H3. The zero-order valence-electron chi connectivity index (χ0n) is 10.7. The Morgan fingerprint density at radius 3 is 2.44 bits per heavy atom. The lowest BCUT2D eigenvalue weighted by Crippen LogP contribution is -2.34. The number of amides is 2. The number of carbonyl (C=O) groups excluding carboxylic acids is 1. The van der Waals surface area contributed by atoms with E-state index >= 15 is 0 Å². The normalized spacial score (nSPS) is 20.1. The van der Waals surface area contributed by atoms with Crippen molar-refractivity contribution in [2.75, 3.05) is 13.6 Å². The second kappa shape index (κ2) is 4.55.